The molecule has 3 heterocycles. The lowest BCUT2D eigenvalue weighted by Crippen LogP contribution is -2.31. The molecule has 1 aliphatic rings. The van der Waals surface area contributed by atoms with E-state index in [1.54, 1.807) is 18.5 Å². The molecule has 0 unspecified atom stereocenters. The predicted octanol–water partition coefficient (Wildman–Crippen LogP) is 3.38. The van der Waals surface area contributed by atoms with E-state index in [2.05, 4.69) is 19.9 Å². The van der Waals surface area contributed by atoms with Crippen LogP contribution in [-0.4, -0.2) is 26.4 Å². The van der Waals surface area contributed by atoms with E-state index < -0.39 is 11.6 Å². The van der Waals surface area contributed by atoms with Gasteiger partial charge in [-0.25, -0.2) is 18.7 Å². The molecule has 3 aromatic rings. The third kappa shape index (κ3) is 3.25. The number of nitrogens with zero attached hydrogens (tertiary/aromatic N) is 4. The zero-order valence-corrected chi connectivity index (χ0v) is 13.5. The van der Waals surface area contributed by atoms with E-state index in [1.165, 1.54) is 6.07 Å². The number of fused-ring (bicyclic) bond motifs is 1. The van der Waals surface area contributed by atoms with Crippen LogP contribution in [0.5, 0.6) is 0 Å². The van der Waals surface area contributed by atoms with Crippen LogP contribution in [0.3, 0.4) is 0 Å². The Bertz CT molecular complexity index is 899. The van der Waals surface area contributed by atoms with Crippen LogP contribution in [-0.2, 0) is 19.5 Å². The highest BCUT2D eigenvalue weighted by Crippen LogP contribution is 2.22. The molecule has 0 aliphatic carbocycles. The monoisotopic (exact) mass is 338 g/mol. The maximum atomic E-state index is 13.9. The Kier molecular flexibility index (Phi) is 4.19. The van der Waals surface area contributed by atoms with Crippen molar-refractivity contribution in [3.05, 3.63) is 77.4 Å². The molecule has 0 saturated heterocycles. The number of hydrogen-bond donors (Lipinski definition) is 0. The Morgan fingerprint density at radius 1 is 1.08 bits per heavy atom. The Morgan fingerprint density at radius 2 is 1.92 bits per heavy atom. The summed E-state index contributed by atoms with van der Waals surface area (Å²) in [7, 11) is 0. The molecule has 1 aromatic carbocycles. The SMILES string of the molecule is Fc1cccc(CN2CCc3nc(-c4ccncc4)ncc3C2)c1F. The highest BCUT2D eigenvalue weighted by Gasteiger charge is 2.20. The average molecular weight is 338 g/mol. The fourth-order valence-electron chi connectivity index (χ4n) is 3.06. The summed E-state index contributed by atoms with van der Waals surface area (Å²) in [6.45, 7) is 1.74. The van der Waals surface area contributed by atoms with E-state index in [4.69, 9.17) is 0 Å². The van der Waals surface area contributed by atoms with Crippen molar-refractivity contribution in [3.8, 4) is 11.4 Å². The van der Waals surface area contributed by atoms with Gasteiger partial charge in [-0.1, -0.05) is 12.1 Å². The number of pyridine rings is 1. The van der Waals surface area contributed by atoms with Crippen LogP contribution in [0.2, 0.25) is 0 Å². The Labute approximate surface area is 144 Å². The molecule has 0 atom stereocenters. The molecular weight excluding hydrogens is 322 g/mol. The second-order valence-electron chi connectivity index (χ2n) is 6.08. The molecule has 126 valence electrons. The molecule has 0 amide bonds. The third-order valence-corrected chi connectivity index (χ3v) is 4.38. The first-order valence-electron chi connectivity index (χ1n) is 8.11. The highest BCUT2D eigenvalue weighted by atomic mass is 19.2. The standard InChI is InChI=1S/C19H16F2N4/c20-16-3-1-2-14(18(16)21)11-25-9-6-17-15(12-25)10-23-19(24-17)13-4-7-22-8-5-13/h1-5,7-8,10H,6,9,11-12H2. The van der Waals surface area contributed by atoms with Crippen LogP contribution in [0.25, 0.3) is 11.4 Å². The van der Waals surface area contributed by atoms with Crippen molar-refractivity contribution in [3.63, 3.8) is 0 Å². The van der Waals surface area contributed by atoms with Gasteiger partial charge in [-0.05, 0) is 18.2 Å². The summed E-state index contributed by atoms with van der Waals surface area (Å²) in [5.41, 5.74) is 3.35. The smallest absolute Gasteiger partial charge is 0.163 e. The molecule has 0 radical (unpaired) electrons. The van der Waals surface area contributed by atoms with Crippen molar-refractivity contribution in [2.75, 3.05) is 6.54 Å². The van der Waals surface area contributed by atoms with Gasteiger partial charge >= 0.3 is 0 Å². The minimum atomic E-state index is -0.805. The molecule has 25 heavy (non-hydrogen) atoms. The van der Waals surface area contributed by atoms with Crippen LogP contribution in [0.1, 0.15) is 16.8 Å². The lowest BCUT2D eigenvalue weighted by Gasteiger charge is -2.28. The summed E-state index contributed by atoms with van der Waals surface area (Å²) >= 11 is 0. The topological polar surface area (TPSA) is 41.9 Å². The van der Waals surface area contributed by atoms with Crippen molar-refractivity contribution in [1.82, 2.24) is 19.9 Å². The van der Waals surface area contributed by atoms with Crippen molar-refractivity contribution in [2.45, 2.75) is 19.5 Å². The second-order valence-corrected chi connectivity index (χ2v) is 6.08. The van der Waals surface area contributed by atoms with E-state index in [0.29, 0.717) is 24.5 Å². The highest BCUT2D eigenvalue weighted by molar-refractivity contribution is 5.54. The fraction of sp³-hybridized carbons (Fsp3) is 0.211. The van der Waals surface area contributed by atoms with E-state index in [1.807, 2.05) is 18.3 Å². The van der Waals surface area contributed by atoms with E-state index in [-0.39, 0.29) is 0 Å². The van der Waals surface area contributed by atoms with Gasteiger partial charge in [-0.3, -0.25) is 9.88 Å². The minimum Gasteiger partial charge on any atom is -0.294 e. The molecule has 0 bridgehead atoms. The molecule has 0 saturated carbocycles. The zero-order chi connectivity index (χ0) is 17.2. The van der Waals surface area contributed by atoms with Crippen molar-refractivity contribution in [1.29, 1.82) is 0 Å². The van der Waals surface area contributed by atoms with E-state index >= 15 is 0 Å². The predicted molar refractivity (Wildman–Crippen MR) is 89.4 cm³/mol. The molecule has 4 rings (SSSR count). The second kappa shape index (κ2) is 6.64. The Hall–Kier alpha value is -2.73. The molecule has 0 fully saturated rings. The van der Waals surface area contributed by atoms with Crippen molar-refractivity contribution in [2.24, 2.45) is 0 Å². The maximum absolute atomic E-state index is 13.9. The largest absolute Gasteiger partial charge is 0.294 e. The van der Waals surface area contributed by atoms with Gasteiger partial charge in [0.2, 0.25) is 0 Å². The van der Waals surface area contributed by atoms with Crippen LogP contribution in [0, 0.1) is 11.6 Å². The Balaban J connectivity index is 1.53. The molecular formula is C19H16F2N4. The number of benzene rings is 1. The zero-order valence-electron chi connectivity index (χ0n) is 13.5. The first kappa shape index (κ1) is 15.8. The quantitative estimate of drug-likeness (QED) is 0.734. The molecule has 4 nitrogen and oxygen atoms in total. The van der Waals surface area contributed by atoms with Gasteiger partial charge in [0, 0.05) is 61.3 Å². The van der Waals surface area contributed by atoms with Gasteiger partial charge in [-0.2, -0.15) is 0 Å². The third-order valence-electron chi connectivity index (χ3n) is 4.38. The summed E-state index contributed by atoms with van der Waals surface area (Å²) in [6, 6.07) is 8.05. The lowest BCUT2D eigenvalue weighted by atomic mass is 10.1. The normalized spacial score (nSPS) is 14.3. The van der Waals surface area contributed by atoms with Gasteiger partial charge in [0.15, 0.2) is 17.5 Å². The Morgan fingerprint density at radius 3 is 2.76 bits per heavy atom. The van der Waals surface area contributed by atoms with E-state index in [9.17, 15) is 8.78 Å². The first-order valence-corrected chi connectivity index (χ1v) is 8.11. The van der Waals surface area contributed by atoms with Gasteiger partial charge in [-0.15, -0.1) is 0 Å². The van der Waals surface area contributed by atoms with Gasteiger partial charge in [0.25, 0.3) is 0 Å². The summed E-state index contributed by atoms with van der Waals surface area (Å²) < 4.78 is 27.2. The van der Waals surface area contributed by atoms with E-state index in [0.717, 1.165) is 35.9 Å². The lowest BCUT2D eigenvalue weighted by molar-refractivity contribution is 0.238. The number of hydrogen-bond acceptors (Lipinski definition) is 4. The minimum absolute atomic E-state index is 0.370. The first-order chi connectivity index (χ1) is 12.2. The average Bonchev–Trinajstić information content (AvgIpc) is 2.66. The summed E-state index contributed by atoms with van der Waals surface area (Å²) in [4.78, 5) is 15.2. The van der Waals surface area contributed by atoms with Gasteiger partial charge in [0.1, 0.15) is 0 Å². The molecule has 2 aromatic heterocycles. The van der Waals surface area contributed by atoms with Crippen molar-refractivity contribution < 1.29 is 8.78 Å². The van der Waals surface area contributed by atoms with Crippen LogP contribution < -0.4 is 0 Å². The van der Waals surface area contributed by atoms with Gasteiger partial charge in [0.05, 0.1) is 5.69 Å². The number of aromatic nitrogens is 3. The fourth-order valence-corrected chi connectivity index (χ4v) is 3.06. The molecule has 0 spiro atoms. The molecule has 0 N–H and O–H groups in total. The molecule has 6 heteroatoms. The maximum Gasteiger partial charge on any atom is 0.163 e. The van der Waals surface area contributed by atoms with Crippen LogP contribution in [0.15, 0.2) is 48.9 Å². The van der Waals surface area contributed by atoms with Crippen molar-refractivity contribution >= 4 is 0 Å². The molecule has 1 aliphatic heterocycles. The summed E-state index contributed by atoms with van der Waals surface area (Å²) in [5.74, 6) is -0.886. The van der Waals surface area contributed by atoms with Gasteiger partial charge < -0.3 is 0 Å². The van der Waals surface area contributed by atoms with Crippen LogP contribution in [0.4, 0.5) is 8.78 Å². The number of rotatable bonds is 3. The summed E-state index contributed by atoms with van der Waals surface area (Å²) in [6.07, 6.45) is 6.01. The summed E-state index contributed by atoms with van der Waals surface area (Å²) in [5, 5.41) is 0. The number of halogens is 2. The van der Waals surface area contributed by atoms with Crippen LogP contribution >= 0.6 is 0 Å².